The first kappa shape index (κ1) is 17.5. The Hall–Kier alpha value is -1.55. The summed E-state index contributed by atoms with van der Waals surface area (Å²) in [7, 11) is 0. The van der Waals surface area contributed by atoms with Gasteiger partial charge in [-0.2, -0.15) is 0 Å². The van der Waals surface area contributed by atoms with E-state index in [1.165, 1.54) is 0 Å². The predicted octanol–water partition coefficient (Wildman–Crippen LogP) is 3.57. The van der Waals surface area contributed by atoms with Crippen molar-refractivity contribution in [2.45, 2.75) is 46.5 Å². The molecule has 21 heavy (non-hydrogen) atoms. The van der Waals surface area contributed by atoms with Gasteiger partial charge in [-0.15, -0.1) is 0 Å². The van der Waals surface area contributed by atoms with Crippen LogP contribution in [0.4, 0.5) is 5.69 Å². The van der Waals surface area contributed by atoms with Gasteiger partial charge in [0.05, 0.1) is 6.61 Å². The first-order valence-corrected chi connectivity index (χ1v) is 7.69. The van der Waals surface area contributed by atoms with E-state index >= 15 is 0 Å². The molecule has 0 fully saturated rings. The minimum atomic E-state index is 0.0438. The topological polar surface area (TPSA) is 64.3 Å². The van der Waals surface area contributed by atoms with Gasteiger partial charge in [-0.05, 0) is 55.5 Å². The highest BCUT2D eigenvalue weighted by molar-refractivity contribution is 5.90. The minimum Gasteiger partial charge on any atom is -0.494 e. The third kappa shape index (κ3) is 7.14. The molecule has 3 N–H and O–H groups in total. The van der Waals surface area contributed by atoms with Crippen molar-refractivity contribution in [1.82, 2.24) is 0 Å². The number of hydrogen-bond acceptors (Lipinski definition) is 3. The normalized spacial score (nSPS) is 11.2. The first-order chi connectivity index (χ1) is 9.96. The number of carbonyl (C=O) groups is 1. The zero-order valence-corrected chi connectivity index (χ0v) is 13.4. The van der Waals surface area contributed by atoms with Crippen molar-refractivity contribution >= 4 is 11.6 Å². The molecule has 0 aromatic heterocycles. The van der Waals surface area contributed by atoms with Crippen LogP contribution >= 0.6 is 0 Å². The summed E-state index contributed by atoms with van der Waals surface area (Å²) in [4.78, 5) is 11.9. The molecular weight excluding hydrogens is 264 g/mol. The molecule has 0 aliphatic heterocycles. The zero-order valence-electron chi connectivity index (χ0n) is 13.4. The van der Waals surface area contributed by atoms with E-state index in [9.17, 15) is 4.79 Å². The van der Waals surface area contributed by atoms with Crippen LogP contribution in [0.5, 0.6) is 5.75 Å². The van der Waals surface area contributed by atoms with Crippen molar-refractivity contribution in [1.29, 1.82) is 0 Å². The van der Waals surface area contributed by atoms with Gasteiger partial charge in [-0.1, -0.05) is 20.8 Å². The first-order valence-electron chi connectivity index (χ1n) is 7.69. The Bertz CT molecular complexity index is 427. The SMILES string of the molecule is CCCOc1ccc(NC(=O)CCC(C)(C)CCN)cc1. The summed E-state index contributed by atoms with van der Waals surface area (Å²) in [6, 6.07) is 7.50. The van der Waals surface area contributed by atoms with E-state index in [-0.39, 0.29) is 11.3 Å². The fourth-order valence-electron chi connectivity index (χ4n) is 2.05. The van der Waals surface area contributed by atoms with E-state index in [2.05, 4.69) is 26.1 Å². The molecule has 0 saturated carbocycles. The summed E-state index contributed by atoms with van der Waals surface area (Å²) in [5, 5.41) is 2.91. The summed E-state index contributed by atoms with van der Waals surface area (Å²) < 4.78 is 5.51. The highest BCUT2D eigenvalue weighted by atomic mass is 16.5. The number of ether oxygens (including phenoxy) is 1. The lowest BCUT2D eigenvalue weighted by Gasteiger charge is -2.23. The van der Waals surface area contributed by atoms with Crippen molar-refractivity contribution < 1.29 is 9.53 Å². The van der Waals surface area contributed by atoms with Gasteiger partial charge in [0.2, 0.25) is 5.91 Å². The third-order valence-electron chi connectivity index (χ3n) is 3.46. The lowest BCUT2D eigenvalue weighted by atomic mass is 9.84. The van der Waals surface area contributed by atoms with Crippen LogP contribution in [0.15, 0.2) is 24.3 Å². The Kier molecular flexibility index (Phi) is 7.23. The van der Waals surface area contributed by atoms with Gasteiger partial charge in [0.15, 0.2) is 0 Å². The van der Waals surface area contributed by atoms with Crippen molar-refractivity contribution in [3.63, 3.8) is 0 Å². The predicted molar refractivity (Wildman–Crippen MR) is 87.5 cm³/mol. The Balaban J connectivity index is 2.40. The van der Waals surface area contributed by atoms with Gasteiger partial charge in [0.1, 0.15) is 5.75 Å². The fourth-order valence-corrected chi connectivity index (χ4v) is 2.05. The summed E-state index contributed by atoms with van der Waals surface area (Å²) >= 11 is 0. The van der Waals surface area contributed by atoms with Crippen LogP contribution in [-0.2, 0) is 4.79 Å². The second-order valence-corrected chi connectivity index (χ2v) is 6.12. The monoisotopic (exact) mass is 292 g/mol. The van der Waals surface area contributed by atoms with E-state index < -0.39 is 0 Å². The molecule has 0 radical (unpaired) electrons. The molecule has 1 aromatic rings. The molecule has 0 saturated heterocycles. The van der Waals surface area contributed by atoms with E-state index in [1.54, 1.807) is 0 Å². The highest BCUT2D eigenvalue weighted by Crippen LogP contribution is 2.26. The number of anilines is 1. The average Bonchev–Trinajstić information content (AvgIpc) is 2.44. The van der Waals surface area contributed by atoms with Gasteiger partial charge < -0.3 is 15.8 Å². The maximum Gasteiger partial charge on any atom is 0.224 e. The molecule has 4 nitrogen and oxygen atoms in total. The highest BCUT2D eigenvalue weighted by Gasteiger charge is 2.18. The van der Waals surface area contributed by atoms with Crippen LogP contribution in [0.25, 0.3) is 0 Å². The molecule has 4 heteroatoms. The Morgan fingerprint density at radius 2 is 1.90 bits per heavy atom. The van der Waals surface area contributed by atoms with Crippen LogP contribution in [-0.4, -0.2) is 19.1 Å². The third-order valence-corrected chi connectivity index (χ3v) is 3.46. The molecule has 0 aliphatic rings. The second kappa shape index (κ2) is 8.67. The Morgan fingerprint density at radius 1 is 1.24 bits per heavy atom. The van der Waals surface area contributed by atoms with Gasteiger partial charge in [-0.25, -0.2) is 0 Å². The van der Waals surface area contributed by atoms with Crippen LogP contribution in [0.3, 0.4) is 0 Å². The fraction of sp³-hybridized carbons (Fsp3) is 0.588. The van der Waals surface area contributed by atoms with Crippen molar-refractivity contribution in [3.8, 4) is 5.75 Å². The van der Waals surface area contributed by atoms with Gasteiger partial charge in [0.25, 0.3) is 0 Å². The van der Waals surface area contributed by atoms with Crippen LogP contribution in [0, 0.1) is 5.41 Å². The van der Waals surface area contributed by atoms with E-state index in [4.69, 9.17) is 10.5 Å². The zero-order chi connectivity index (χ0) is 15.7. The molecule has 0 spiro atoms. The van der Waals surface area contributed by atoms with Crippen LogP contribution in [0.1, 0.15) is 46.5 Å². The van der Waals surface area contributed by atoms with Crippen molar-refractivity contribution in [3.05, 3.63) is 24.3 Å². The summed E-state index contributed by atoms with van der Waals surface area (Å²) in [6.07, 6.45) is 3.27. The summed E-state index contributed by atoms with van der Waals surface area (Å²) in [5.74, 6) is 0.876. The molecule has 1 aromatic carbocycles. The molecule has 0 heterocycles. The van der Waals surface area contributed by atoms with Gasteiger partial charge in [-0.3, -0.25) is 4.79 Å². The molecule has 118 valence electrons. The number of amides is 1. The van der Waals surface area contributed by atoms with E-state index in [1.807, 2.05) is 24.3 Å². The Morgan fingerprint density at radius 3 is 2.48 bits per heavy atom. The number of benzene rings is 1. The smallest absolute Gasteiger partial charge is 0.224 e. The van der Waals surface area contributed by atoms with Crippen molar-refractivity contribution in [2.75, 3.05) is 18.5 Å². The quantitative estimate of drug-likeness (QED) is 0.731. The summed E-state index contributed by atoms with van der Waals surface area (Å²) in [5.41, 5.74) is 6.50. The molecule has 1 rings (SSSR count). The standard InChI is InChI=1S/C17H28N2O2/c1-4-13-21-15-7-5-14(6-8-15)19-16(20)9-10-17(2,3)11-12-18/h5-8H,4,9-13,18H2,1-3H3,(H,19,20). The van der Waals surface area contributed by atoms with E-state index in [0.717, 1.165) is 30.7 Å². The van der Waals surface area contributed by atoms with Crippen LogP contribution < -0.4 is 15.8 Å². The molecular formula is C17H28N2O2. The average molecular weight is 292 g/mol. The number of nitrogens with two attached hydrogens (primary N) is 1. The number of hydrogen-bond donors (Lipinski definition) is 2. The Labute approximate surface area is 128 Å². The lowest BCUT2D eigenvalue weighted by Crippen LogP contribution is -2.20. The number of carbonyl (C=O) groups excluding carboxylic acids is 1. The van der Waals surface area contributed by atoms with Crippen LogP contribution in [0.2, 0.25) is 0 Å². The van der Waals surface area contributed by atoms with Gasteiger partial charge >= 0.3 is 0 Å². The minimum absolute atomic E-state index is 0.0438. The second-order valence-electron chi connectivity index (χ2n) is 6.12. The molecule has 1 amide bonds. The molecule has 0 aliphatic carbocycles. The van der Waals surface area contributed by atoms with Crippen molar-refractivity contribution in [2.24, 2.45) is 11.1 Å². The molecule has 0 unspecified atom stereocenters. The maximum absolute atomic E-state index is 11.9. The molecule has 0 atom stereocenters. The number of nitrogens with one attached hydrogen (secondary N) is 1. The molecule has 0 bridgehead atoms. The number of rotatable bonds is 9. The largest absolute Gasteiger partial charge is 0.494 e. The maximum atomic E-state index is 11.9. The lowest BCUT2D eigenvalue weighted by molar-refractivity contribution is -0.116. The van der Waals surface area contributed by atoms with Gasteiger partial charge in [0, 0.05) is 12.1 Å². The van der Waals surface area contributed by atoms with E-state index in [0.29, 0.717) is 19.6 Å². The summed E-state index contributed by atoms with van der Waals surface area (Å²) in [6.45, 7) is 7.73.